The molecule has 0 fully saturated rings. The topological polar surface area (TPSA) is 61.2 Å². The molecule has 1 N–H and O–H groups in total. The van der Waals surface area contributed by atoms with E-state index in [1.807, 2.05) is 24.3 Å². The molecule has 1 aliphatic heterocycles. The minimum Gasteiger partial charge on any atom is -0.497 e. The fourth-order valence-corrected chi connectivity index (χ4v) is 3.35. The highest BCUT2D eigenvalue weighted by Gasteiger charge is 2.30. The van der Waals surface area contributed by atoms with Gasteiger partial charge in [0.15, 0.2) is 0 Å². The van der Waals surface area contributed by atoms with Gasteiger partial charge in [0.2, 0.25) is 5.95 Å². The van der Waals surface area contributed by atoms with Crippen LogP contribution in [0.1, 0.15) is 29.6 Å². The maximum Gasteiger partial charge on any atom is 0.387 e. The highest BCUT2D eigenvalue weighted by atomic mass is 19.3. The normalized spacial score (nSPS) is 18.7. The van der Waals surface area contributed by atoms with Crippen LogP contribution >= 0.6 is 0 Å². The lowest BCUT2D eigenvalue weighted by atomic mass is 9.93. The average Bonchev–Trinajstić information content (AvgIpc) is 3.16. The van der Waals surface area contributed by atoms with E-state index < -0.39 is 6.61 Å². The maximum absolute atomic E-state index is 12.4. The number of benzene rings is 2. The van der Waals surface area contributed by atoms with Crippen LogP contribution in [0.15, 0.2) is 54.9 Å². The van der Waals surface area contributed by atoms with Gasteiger partial charge in [0.05, 0.1) is 19.2 Å². The Kier molecular flexibility index (Phi) is 4.62. The first-order valence-corrected chi connectivity index (χ1v) is 8.49. The van der Waals surface area contributed by atoms with E-state index in [2.05, 4.69) is 20.1 Å². The molecule has 4 rings (SSSR count). The number of fused-ring (bicyclic) bond motifs is 1. The first-order valence-electron chi connectivity index (χ1n) is 8.49. The monoisotopic (exact) mass is 372 g/mol. The molecule has 0 saturated heterocycles. The van der Waals surface area contributed by atoms with Crippen LogP contribution in [0.5, 0.6) is 11.5 Å². The Morgan fingerprint density at radius 3 is 2.67 bits per heavy atom. The molecule has 1 aromatic heterocycles. The maximum atomic E-state index is 12.4. The number of nitrogens with one attached hydrogen (secondary N) is 1. The van der Waals surface area contributed by atoms with Crippen LogP contribution in [0.3, 0.4) is 0 Å². The third kappa shape index (κ3) is 3.55. The van der Waals surface area contributed by atoms with Gasteiger partial charge in [-0.2, -0.15) is 18.9 Å². The van der Waals surface area contributed by atoms with E-state index >= 15 is 0 Å². The fraction of sp³-hybridized carbons (Fsp3) is 0.263. The van der Waals surface area contributed by atoms with Crippen molar-refractivity contribution in [1.29, 1.82) is 0 Å². The molecular weight excluding hydrogens is 354 g/mol. The predicted octanol–water partition coefficient (Wildman–Crippen LogP) is 4.03. The standard InChI is InChI=1S/C19H18F2N4O2/c1-26-15-4-2-3-13(9-15)16-10-17(25-19(24-16)22-11-23-25)12-5-7-14(8-6-12)27-18(20)21/h2-9,11,16-18H,10H2,1H3,(H,22,23,24)/t16-,17+/m1/s1. The smallest absolute Gasteiger partial charge is 0.387 e. The van der Waals surface area contributed by atoms with E-state index in [1.54, 1.807) is 36.1 Å². The van der Waals surface area contributed by atoms with Gasteiger partial charge in [-0.1, -0.05) is 24.3 Å². The Hall–Kier alpha value is -3.16. The van der Waals surface area contributed by atoms with Gasteiger partial charge in [-0.15, -0.1) is 0 Å². The fourth-order valence-electron chi connectivity index (χ4n) is 3.35. The van der Waals surface area contributed by atoms with E-state index in [9.17, 15) is 8.78 Å². The van der Waals surface area contributed by atoms with Crippen molar-refractivity contribution in [2.24, 2.45) is 0 Å². The number of halogens is 2. The summed E-state index contributed by atoms with van der Waals surface area (Å²) in [5, 5.41) is 7.71. The van der Waals surface area contributed by atoms with Gasteiger partial charge >= 0.3 is 6.61 Å². The highest BCUT2D eigenvalue weighted by Crippen LogP contribution is 2.38. The Bertz CT molecular complexity index is 914. The zero-order valence-corrected chi connectivity index (χ0v) is 14.5. The quantitative estimate of drug-likeness (QED) is 0.733. The number of anilines is 1. The van der Waals surface area contributed by atoms with Crippen LogP contribution < -0.4 is 14.8 Å². The number of nitrogens with zero attached hydrogens (tertiary/aromatic N) is 3. The summed E-state index contributed by atoms with van der Waals surface area (Å²) in [5.41, 5.74) is 2.02. The Morgan fingerprint density at radius 1 is 1.11 bits per heavy atom. The van der Waals surface area contributed by atoms with Crippen LogP contribution in [0, 0.1) is 0 Å². The summed E-state index contributed by atoms with van der Waals surface area (Å²) in [6.07, 6.45) is 2.22. The summed E-state index contributed by atoms with van der Waals surface area (Å²) >= 11 is 0. The molecule has 0 amide bonds. The van der Waals surface area contributed by atoms with Crippen molar-refractivity contribution in [1.82, 2.24) is 14.8 Å². The highest BCUT2D eigenvalue weighted by molar-refractivity contribution is 5.41. The van der Waals surface area contributed by atoms with Gasteiger partial charge in [0.25, 0.3) is 0 Å². The second kappa shape index (κ2) is 7.22. The van der Waals surface area contributed by atoms with Gasteiger partial charge in [-0.25, -0.2) is 4.68 Å². The third-order valence-electron chi connectivity index (χ3n) is 4.62. The molecular formula is C19H18F2N4O2. The second-order valence-corrected chi connectivity index (χ2v) is 6.20. The van der Waals surface area contributed by atoms with Gasteiger partial charge in [-0.05, 0) is 41.8 Å². The summed E-state index contributed by atoms with van der Waals surface area (Å²) in [6, 6.07) is 14.4. The zero-order chi connectivity index (χ0) is 18.8. The molecule has 0 saturated carbocycles. The Balaban J connectivity index is 1.64. The van der Waals surface area contributed by atoms with Crippen molar-refractivity contribution >= 4 is 5.95 Å². The largest absolute Gasteiger partial charge is 0.497 e. The Labute approximate surface area is 154 Å². The van der Waals surface area contributed by atoms with Crippen molar-refractivity contribution in [2.75, 3.05) is 12.4 Å². The molecule has 0 bridgehead atoms. The average molecular weight is 372 g/mol. The molecule has 140 valence electrons. The van der Waals surface area contributed by atoms with Gasteiger partial charge in [-0.3, -0.25) is 0 Å². The molecule has 27 heavy (non-hydrogen) atoms. The molecule has 3 aromatic rings. The van der Waals surface area contributed by atoms with E-state index in [4.69, 9.17) is 4.74 Å². The summed E-state index contributed by atoms with van der Waals surface area (Å²) in [4.78, 5) is 4.29. The number of alkyl halides is 2. The molecule has 6 nitrogen and oxygen atoms in total. The molecule has 2 atom stereocenters. The van der Waals surface area contributed by atoms with Crippen molar-refractivity contribution < 1.29 is 18.3 Å². The molecule has 8 heteroatoms. The molecule has 0 aliphatic carbocycles. The minimum atomic E-state index is -2.84. The summed E-state index contributed by atoms with van der Waals surface area (Å²) < 4.78 is 36.3. The lowest BCUT2D eigenvalue weighted by Gasteiger charge is -2.32. The summed E-state index contributed by atoms with van der Waals surface area (Å²) in [6.45, 7) is -2.84. The molecule has 0 radical (unpaired) electrons. The summed E-state index contributed by atoms with van der Waals surface area (Å²) in [7, 11) is 1.63. The number of rotatable bonds is 5. The molecule has 1 aliphatic rings. The lowest BCUT2D eigenvalue weighted by Crippen LogP contribution is -2.28. The van der Waals surface area contributed by atoms with Crippen LogP contribution in [0.2, 0.25) is 0 Å². The number of hydrogen-bond donors (Lipinski definition) is 1. The van der Waals surface area contributed by atoms with E-state index in [1.165, 1.54) is 6.33 Å². The number of ether oxygens (including phenoxy) is 2. The van der Waals surface area contributed by atoms with Crippen LogP contribution in [0.25, 0.3) is 0 Å². The molecule has 2 aromatic carbocycles. The van der Waals surface area contributed by atoms with Gasteiger partial charge in [0, 0.05) is 0 Å². The van der Waals surface area contributed by atoms with E-state index in [0.717, 1.165) is 23.3 Å². The third-order valence-corrected chi connectivity index (χ3v) is 4.62. The SMILES string of the molecule is COc1cccc([C@H]2C[C@@H](c3ccc(OC(F)F)cc3)n3ncnc3N2)c1. The minimum absolute atomic E-state index is 0.0128. The van der Waals surface area contributed by atoms with Gasteiger partial charge < -0.3 is 14.8 Å². The Morgan fingerprint density at radius 2 is 1.93 bits per heavy atom. The number of aromatic nitrogens is 3. The van der Waals surface area contributed by atoms with Crippen molar-refractivity contribution in [2.45, 2.75) is 25.1 Å². The van der Waals surface area contributed by atoms with Crippen LogP contribution in [-0.4, -0.2) is 28.5 Å². The second-order valence-electron chi connectivity index (χ2n) is 6.20. The van der Waals surface area contributed by atoms with Crippen molar-refractivity contribution in [3.8, 4) is 11.5 Å². The first kappa shape index (κ1) is 17.3. The lowest BCUT2D eigenvalue weighted by molar-refractivity contribution is -0.0498. The number of hydrogen-bond acceptors (Lipinski definition) is 5. The van der Waals surface area contributed by atoms with E-state index in [-0.39, 0.29) is 17.8 Å². The molecule has 0 spiro atoms. The molecule has 0 unspecified atom stereocenters. The zero-order valence-electron chi connectivity index (χ0n) is 14.5. The van der Waals surface area contributed by atoms with Crippen LogP contribution in [0.4, 0.5) is 14.7 Å². The first-order chi connectivity index (χ1) is 13.1. The van der Waals surface area contributed by atoms with Gasteiger partial charge in [0.1, 0.15) is 17.8 Å². The van der Waals surface area contributed by atoms with Crippen molar-refractivity contribution in [3.05, 3.63) is 66.0 Å². The summed E-state index contributed by atoms with van der Waals surface area (Å²) in [5.74, 6) is 1.57. The van der Waals surface area contributed by atoms with Crippen molar-refractivity contribution in [3.63, 3.8) is 0 Å². The predicted molar refractivity (Wildman–Crippen MR) is 95.2 cm³/mol. The van der Waals surface area contributed by atoms with Crippen LogP contribution in [-0.2, 0) is 0 Å². The molecule has 2 heterocycles. The number of methoxy groups -OCH3 is 1. The van der Waals surface area contributed by atoms with E-state index in [0.29, 0.717) is 5.95 Å².